The van der Waals surface area contributed by atoms with Gasteiger partial charge in [0, 0.05) is 12.2 Å². The van der Waals surface area contributed by atoms with Crippen molar-refractivity contribution in [1.29, 1.82) is 0 Å². The summed E-state index contributed by atoms with van der Waals surface area (Å²) in [4.78, 5) is 23.6. The van der Waals surface area contributed by atoms with Crippen LogP contribution in [0.3, 0.4) is 0 Å². The maximum Gasteiger partial charge on any atom is 0.319 e. The SMILES string of the molecule is COc1ccc(CCCNC(=O)CNC(=O)Nc2cccc(C)c2)cc1. The summed E-state index contributed by atoms with van der Waals surface area (Å²) in [6.07, 6.45) is 1.69. The summed E-state index contributed by atoms with van der Waals surface area (Å²) in [6, 6.07) is 14.9. The Balaban J connectivity index is 1.60. The van der Waals surface area contributed by atoms with Crippen molar-refractivity contribution in [3.63, 3.8) is 0 Å². The molecule has 0 radical (unpaired) electrons. The largest absolute Gasteiger partial charge is 0.497 e. The molecular formula is C20H25N3O3. The second-order valence-electron chi connectivity index (χ2n) is 5.98. The van der Waals surface area contributed by atoms with Gasteiger partial charge in [-0.2, -0.15) is 0 Å². The van der Waals surface area contributed by atoms with Crippen molar-refractivity contribution in [1.82, 2.24) is 10.6 Å². The van der Waals surface area contributed by atoms with Gasteiger partial charge >= 0.3 is 6.03 Å². The number of ether oxygens (including phenoxy) is 1. The average molecular weight is 355 g/mol. The molecule has 0 aliphatic carbocycles. The molecule has 3 N–H and O–H groups in total. The molecule has 0 unspecified atom stereocenters. The number of carbonyl (C=O) groups is 2. The van der Waals surface area contributed by atoms with E-state index >= 15 is 0 Å². The van der Waals surface area contributed by atoms with E-state index in [1.165, 1.54) is 5.56 Å². The number of hydrogen-bond donors (Lipinski definition) is 3. The van der Waals surface area contributed by atoms with E-state index in [0.29, 0.717) is 12.2 Å². The van der Waals surface area contributed by atoms with Crippen molar-refractivity contribution in [2.45, 2.75) is 19.8 Å². The van der Waals surface area contributed by atoms with Crippen molar-refractivity contribution in [3.8, 4) is 5.75 Å². The smallest absolute Gasteiger partial charge is 0.319 e. The first-order valence-electron chi connectivity index (χ1n) is 8.58. The number of benzene rings is 2. The minimum absolute atomic E-state index is 0.0554. The van der Waals surface area contributed by atoms with Crippen LogP contribution in [-0.4, -0.2) is 32.1 Å². The van der Waals surface area contributed by atoms with E-state index in [9.17, 15) is 9.59 Å². The Morgan fingerprint density at radius 3 is 2.50 bits per heavy atom. The summed E-state index contributed by atoms with van der Waals surface area (Å²) in [5.74, 6) is 0.621. The summed E-state index contributed by atoms with van der Waals surface area (Å²) in [7, 11) is 1.64. The van der Waals surface area contributed by atoms with E-state index in [4.69, 9.17) is 4.74 Å². The molecule has 0 fully saturated rings. The molecule has 2 aromatic rings. The van der Waals surface area contributed by atoms with Gasteiger partial charge in [0.25, 0.3) is 0 Å². The molecule has 0 saturated carbocycles. The molecule has 0 atom stereocenters. The highest BCUT2D eigenvalue weighted by molar-refractivity contribution is 5.92. The Kier molecular flexibility index (Phi) is 7.49. The van der Waals surface area contributed by atoms with Gasteiger partial charge in [-0.25, -0.2) is 4.79 Å². The molecule has 3 amide bonds. The van der Waals surface area contributed by atoms with Gasteiger partial charge in [-0.15, -0.1) is 0 Å². The Morgan fingerprint density at radius 2 is 1.81 bits per heavy atom. The molecular weight excluding hydrogens is 330 g/mol. The zero-order valence-corrected chi connectivity index (χ0v) is 15.2. The summed E-state index contributed by atoms with van der Waals surface area (Å²) in [6.45, 7) is 2.45. The third-order valence-corrected chi connectivity index (χ3v) is 3.81. The fraction of sp³-hybridized carbons (Fsp3) is 0.300. The van der Waals surface area contributed by atoms with Crippen molar-refractivity contribution in [2.24, 2.45) is 0 Å². The molecule has 2 rings (SSSR count). The molecule has 0 saturated heterocycles. The van der Waals surface area contributed by atoms with Gasteiger partial charge in [-0.1, -0.05) is 24.3 Å². The molecule has 2 aromatic carbocycles. The summed E-state index contributed by atoms with van der Waals surface area (Å²) in [5.41, 5.74) is 2.94. The molecule has 0 spiro atoms. The number of anilines is 1. The first kappa shape index (κ1) is 19.3. The Hall–Kier alpha value is -3.02. The van der Waals surface area contributed by atoms with Crippen LogP contribution in [0.5, 0.6) is 5.75 Å². The molecule has 0 aliphatic rings. The third kappa shape index (κ3) is 6.84. The van der Waals surface area contributed by atoms with Crippen LogP contribution in [0.4, 0.5) is 10.5 Å². The Bertz CT molecular complexity index is 729. The molecule has 26 heavy (non-hydrogen) atoms. The minimum atomic E-state index is -0.399. The van der Waals surface area contributed by atoms with E-state index in [1.54, 1.807) is 13.2 Å². The minimum Gasteiger partial charge on any atom is -0.497 e. The van der Waals surface area contributed by atoms with Crippen LogP contribution in [0.1, 0.15) is 17.5 Å². The van der Waals surface area contributed by atoms with Crippen LogP contribution in [0.15, 0.2) is 48.5 Å². The lowest BCUT2D eigenvalue weighted by Gasteiger charge is -2.09. The average Bonchev–Trinajstić information content (AvgIpc) is 2.64. The van der Waals surface area contributed by atoms with Crippen molar-refractivity contribution in [3.05, 3.63) is 59.7 Å². The number of amides is 3. The molecule has 6 heteroatoms. The zero-order valence-electron chi connectivity index (χ0n) is 15.2. The van der Waals surface area contributed by atoms with Gasteiger partial charge in [0.05, 0.1) is 13.7 Å². The van der Waals surface area contributed by atoms with E-state index in [2.05, 4.69) is 16.0 Å². The van der Waals surface area contributed by atoms with Gasteiger partial charge < -0.3 is 20.7 Å². The second-order valence-corrected chi connectivity index (χ2v) is 5.98. The summed E-state index contributed by atoms with van der Waals surface area (Å²) >= 11 is 0. The van der Waals surface area contributed by atoms with Gasteiger partial charge in [-0.3, -0.25) is 4.79 Å². The fourth-order valence-corrected chi connectivity index (χ4v) is 2.43. The predicted molar refractivity (Wildman–Crippen MR) is 103 cm³/mol. The van der Waals surface area contributed by atoms with Gasteiger partial charge in [0.15, 0.2) is 0 Å². The van der Waals surface area contributed by atoms with Gasteiger partial charge in [-0.05, 0) is 55.2 Å². The quantitative estimate of drug-likeness (QED) is 0.637. The van der Waals surface area contributed by atoms with Gasteiger partial charge in [0.2, 0.25) is 5.91 Å². The van der Waals surface area contributed by atoms with Crippen molar-refractivity contribution in [2.75, 3.05) is 25.5 Å². The molecule has 0 aliphatic heterocycles. The van der Waals surface area contributed by atoms with Crippen LogP contribution in [0, 0.1) is 6.92 Å². The van der Waals surface area contributed by atoms with Crippen LogP contribution < -0.4 is 20.7 Å². The number of urea groups is 1. The number of methoxy groups -OCH3 is 1. The lowest BCUT2D eigenvalue weighted by atomic mass is 10.1. The first-order valence-corrected chi connectivity index (χ1v) is 8.58. The number of nitrogens with one attached hydrogen (secondary N) is 3. The van der Waals surface area contributed by atoms with Crippen LogP contribution in [0.2, 0.25) is 0 Å². The zero-order chi connectivity index (χ0) is 18.8. The molecule has 0 aromatic heterocycles. The van der Waals surface area contributed by atoms with Crippen LogP contribution in [-0.2, 0) is 11.2 Å². The lowest BCUT2D eigenvalue weighted by molar-refractivity contribution is -0.120. The van der Waals surface area contributed by atoms with Crippen LogP contribution >= 0.6 is 0 Å². The maximum atomic E-state index is 11.8. The van der Waals surface area contributed by atoms with Crippen molar-refractivity contribution < 1.29 is 14.3 Å². The Morgan fingerprint density at radius 1 is 1.04 bits per heavy atom. The van der Waals surface area contributed by atoms with E-state index < -0.39 is 6.03 Å². The number of carbonyl (C=O) groups excluding carboxylic acids is 2. The Labute approximate surface area is 153 Å². The predicted octanol–water partition coefficient (Wildman–Crippen LogP) is 2.87. The maximum absolute atomic E-state index is 11.8. The van der Waals surface area contributed by atoms with Crippen LogP contribution in [0.25, 0.3) is 0 Å². The summed E-state index contributed by atoms with van der Waals surface area (Å²) < 4.78 is 5.12. The number of aryl methyl sites for hydroxylation is 2. The normalized spacial score (nSPS) is 10.1. The fourth-order valence-electron chi connectivity index (χ4n) is 2.43. The highest BCUT2D eigenvalue weighted by atomic mass is 16.5. The number of hydrogen-bond acceptors (Lipinski definition) is 3. The molecule has 138 valence electrons. The van der Waals surface area contributed by atoms with Crippen molar-refractivity contribution >= 4 is 17.6 Å². The van der Waals surface area contributed by atoms with Gasteiger partial charge in [0.1, 0.15) is 5.75 Å². The molecule has 0 bridgehead atoms. The second kappa shape index (κ2) is 10.1. The number of rotatable bonds is 8. The highest BCUT2D eigenvalue weighted by Gasteiger charge is 2.05. The third-order valence-electron chi connectivity index (χ3n) is 3.81. The van der Waals surface area contributed by atoms with E-state index in [0.717, 1.165) is 24.2 Å². The highest BCUT2D eigenvalue weighted by Crippen LogP contribution is 2.12. The van der Waals surface area contributed by atoms with E-state index in [-0.39, 0.29) is 12.5 Å². The molecule has 6 nitrogen and oxygen atoms in total. The summed E-state index contributed by atoms with van der Waals surface area (Å²) in [5, 5.41) is 8.04. The topological polar surface area (TPSA) is 79.5 Å². The molecule has 0 heterocycles. The van der Waals surface area contributed by atoms with E-state index in [1.807, 2.05) is 49.4 Å². The first-order chi connectivity index (χ1) is 12.6. The monoisotopic (exact) mass is 355 g/mol. The standard InChI is InChI=1S/C20H25N3O3/c1-15-5-3-7-17(13-15)23-20(25)22-14-19(24)21-12-4-6-16-8-10-18(26-2)11-9-16/h3,5,7-11,13H,4,6,12,14H2,1-2H3,(H,21,24)(H2,22,23,25). The lowest BCUT2D eigenvalue weighted by Crippen LogP contribution is -2.39.